The summed E-state index contributed by atoms with van der Waals surface area (Å²) < 4.78 is 60.8. The molecule has 1 N–H and O–H groups in total. The van der Waals surface area contributed by atoms with Crippen LogP contribution in [0.5, 0.6) is 5.88 Å². The van der Waals surface area contributed by atoms with Crippen LogP contribution >= 0.6 is 0 Å². The number of H-pyrrole nitrogens is 1. The Morgan fingerprint density at radius 1 is 1.35 bits per heavy atom. The largest absolute Gasteiger partial charge is 0.515 e. The van der Waals surface area contributed by atoms with Crippen LogP contribution in [0, 0.1) is 5.82 Å². The van der Waals surface area contributed by atoms with Crippen LogP contribution in [0.15, 0.2) is 18.2 Å². The van der Waals surface area contributed by atoms with E-state index in [1.165, 1.54) is 0 Å². The van der Waals surface area contributed by atoms with Gasteiger partial charge in [0.05, 0.1) is 6.61 Å². The van der Waals surface area contributed by atoms with Crippen LogP contribution in [0.4, 0.5) is 22.4 Å². The summed E-state index contributed by atoms with van der Waals surface area (Å²) in [5.41, 5.74) is -1.41. The molecule has 0 atom stereocenters. The highest BCUT2D eigenvalue weighted by atomic mass is 19.4. The van der Waals surface area contributed by atoms with Crippen molar-refractivity contribution < 1.29 is 31.8 Å². The molecule has 4 nitrogen and oxygen atoms in total. The van der Waals surface area contributed by atoms with Crippen LogP contribution in [0.2, 0.25) is 0 Å². The van der Waals surface area contributed by atoms with Gasteiger partial charge in [0.15, 0.2) is 0 Å². The van der Waals surface area contributed by atoms with Gasteiger partial charge in [-0.1, -0.05) is 0 Å². The van der Waals surface area contributed by atoms with Crippen molar-refractivity contribution in [3.63, 3.8) is 0 Å². The second-order valence-corrected chi connectivity index (χ2v) is 3.80. The lowest BCUT2D eigenvalue weighted by molar-refractivity contribution is -0.138. The van der Waals surface area contributed by atoms with Crippen molar-refractivity contribution in [2.75, 3.05) is 6.61 Å². The fourth-order valence-electron chi connectivity index (χ4n) is 1.73. The molecule has 0 spiro atoms. The van der Waals surface area contributed by atoms with E-state index >= 15 is 0 Å². The van der Waals surface area contributed by atoms with Gasteiger partial charge >= 0.3 is 12.3 Å². The third kappa shape index (κ3) is 2.68. The van der Waals surface area contributed by atoms with Crippen molar-refractivity contribution in [3.8, 4) is 5.88 Å². The lowest BCUT2D eigenvalue weighted by atomic mass is 10.1. The first-order chi connectivity index (χ1) is 9.32. The topological polar surface area (TPSA) is 51.3 Å². The van der Waals surface area contributed by atoms with Crippen LogP contribution < -0.4 is 4.74 Å². The Labute approximate surface area is 110 Å². The molecule has 0 saturated heterocycles. The minimum absolute atomic E-state index is 0.00183. The smallest absolute Gasteiger partial charge is 0.434 e. The average Bonchev–Trinajstić information content (AvgIpc) is 2.69. The number of benzene rings is 1. The van der Waals surface area contributed by atoms with Crippen LogP contribution in [-0.2, 0) is 10.9 Å². The molecule has 0 radical (unpaired) electrons. The maximum Gasteiger partial charge on any atom is 0.515 e. The van der Waals surface area contributed by atoms with Crippen molar-refractivity contribution in [3.05, 3.63) is 29.6 Å². The van der Waals surface area contributed by atoms with Crippen molar-refractivity contribution in [1.29, 1.82) is 0 Å². The first-order valence-corrected chi connectivity index (χ1v) is 5.56. The first kappa shape index (κ1) is 14.2. The Morgan fingerprint density at radius 2 is 2.05 bits per heavy atom. The number of hydrogen-bond donors (Lipinski definition) is 1. The van der Waals surface area contributed by atoms with E-state index < -0.39 is 29.1 Å². The summed E-state index contributed by atoms with van der Waals surface area (Å²) in [6, 6.07) is 2.71. The van der Waals surface area contributed by atoms with Gasteiger partial charge in [-0.15, -0.1) is 0 Å². The predicted molar refractivity (Wildman–Crippen MR) is 60.9 cm³/mol. The number of carbonyl (C=O) groups excluding carboxylic acids is 1. The SMILES string of the molecule is CCOC(=O)Oc1cc2c(C(F)(F)F)c(F)ccc2[nH]1. The Kier molecular flexibility index (Phi) is 3.56. The van der Waals surface area contributed by atoms with Crippen molar-refractivity contribution >= 4 is 17.1 Å². The average molecular weight is 291 g/mol. The normalized spacial score (nSPS) is 11.7. The summed E-state index contributed by atoms with van der Waals surface area (Å²) in [7, 11) is 0. The lowest BCUT2D eigenvalue weighted by Gasteiger charge is -2.08. The fraction of sp³-hybridized carbons (Fsp3) is 0.250. The highest BCUT2D eigenvalue weighted by Gasteiger charge is 2.36. The molecule has 0 unspecified atom stereocenters. The van der Waals surface area contributed by atoms with Crippen molar-refractivity contribution in [2.24, 2.45) is 0 Å². The highest BCUT2D eigenvalue weighted by Crippen LogP contribution is 2.38. The third-order valence-corrected chi connectivity index (χ3v) is 2.47. The number of rotatable bonds is 2. The summed E-state index contributed by atoms with van der Waals surface area (Å²) >= 11 is 0. The van der Waals surface area contributed by atoms with E-state index in [9.17, 15) is 22.4 Å². The fourth-order valence-corrected chi connectivity index (χ4v) is 1.73. The molecule has 0 aliphatic heterocycles. The second kappa shape index (κ2) is 5.03. The number of halogens is 4. The van der Waals surface area contributed by atoms with E-state index in [-0.39, 0.29) is 18.0 Å². The molecule has 0 fully saturated rings. The third-order valence-electron chi connectivity index (χ3n) is 2.47. The van der Waals surface area contributed by atoms with E-state index in [0.717, 1.165) is 12.1 Å². The second-order valence-electron chi connectivity index (χ2n) is 3.80. The van der Waals surface area contributed by atoms with Gasteiger partial charge in [0.1, 0.15) is 11.4 Å². The number of carbonyl (C=O) groups is 1. The number of ether oxygens (including phenoxy) is 2. The summed E-state index contributed by atoms with van der Waals surface area (Å²) in [6.07, 6.45) is -5.92. The quantitative estimate of drug-likeness (QED) is 0.675. The Hall–Kier alpha value is -2.25. The van der Waals surface area contributed by atoms with Gasteiger partial charge in [0.2, 0.25) is 5.88 Å². The Morgan fingerprint density at radius 3 is 2.65 bits per heavy atom. The molecule has 1 aromatic heterocycles. The molecule has 8 heteroatoms. The molecule has 108 valence electrons. The Bertz CT molecular complexity index is 648. The monoisotopic (exact) mass is 291 g/mol. The minimum Gasteiger partial charge on any atom is -0.434 e. The van der Waals surface area contributed by atoms with Gasteiger partial charge in [-0.2, -0.15) is 13.2 Å². The molecule has 0 bridgehead atoms. The molecule has 0 saturated carbocycles. The number of nitrogens with one attached hydrogen (secondary N) is 1. The summed E-state index contributed by atoms with van der Waals surface area (Å²) in [5, 5.41) is -0.420. The van der Waals surface area contributed by atoms with Gasteiger partial charge < -0.3 is 14.5 Å². The van der Waals surface area contributed by atoms with Crippen molar-refractivity contribution in [1.82, 2.24) is 4.98 Å². The highest BCUT2D eigenvalue weighted by molar-refractivity contribution is 5.86. The lowest BCUT2D eigenvalue weighted by Crippen LogP contribution is -2.10. The number of alkyl halides is 3. The standard InChI is InChI=1S/C12H9F4NO3/c1-2-19-11(18)20-9-5-6-8(17-9)4-3-7(13)10(6)12(14,15)16/h3-5,17H,2H2,1H3. The molecule has 20 heavy (non-hydrogen) atoms. The zero-order chi connectivity index (χ0) is 14.9. The minimum atomic E-state index is -4.85. The van der Waals surface area contributed by atoms with Crippen LogP contribution in [0.1, 0.15) is 12.5 Å². The molecular weight excluding hydrogens is 282 g/mol. The predicted octanol–water partition coefficient (Wildman–Crippen LogP) is 3.86. The zero-order valence-electron chi connectivity index (χ0n) is 10.2. The van der Waals surface area contributed by atoms with Gasteiger partial charge in [-0.05, 0) is 19.1 Å². The van der Waals surface area contributed by atoms with E-state index in [0.29, 0.717) is 6.07 Å². The maximum absolute atomic E-state index is 13.3. The van der Waals surface area contributed by atoms with Gasteiger partial charge in [-0.3, -0.25) is 0 Å². The van der Waals surface area contributed by atoms with Crippen molar-refractivity contribution in [2.45, 2.75) is 13.1 Å². The number of aromatic amines is 1. The molecular formula is C12H9F4NO3. The summed E-state index contributed by atoms with van der Waals surface area (Å²) in [6.45, 7) is 1.60. The van der Waals surface area contributed by atoms with Crippen LogP contribution in [-0.4, -0.2) is 17.7 Å². The number of hydrogen-bond acceptors (Lipinski definition) is 3. The van der Waals surface area contributed by atoms with Crippen LogP contribution in [0.3, 0.4) is 0 Å². The molecule has 0 amide bonds. The molecule has 0 aliphatic rings. The van der Waals surface area contributed by atoms with E-state index in [1.54, 1.807) is 6.92 Å². The molecule has 0 aliphatic carbocycles. The van der Waals surface area contributed by atoms with E-state index in [2.05, 4.69) is 14.5 Å². The van der Waals surface area contributed by atoms with E-state index in [4.69, 9.17) is 0 Å². The molecule has 1 aromatic carbocycles. The summed E-state index contributed by atoms with van der Waals surface area (Å²) in [4.78, 5) is 13.5. The number of aromatic nitrogens is 1. The maximum atomic E-state index is 13.3. The first-order valence-electron chi connectivity index (χ1n) is 5.56. The van der Waals surface area contributed by atoms with Crippen LogP contribution in [0.25, 0.3) is 10.9 Å². The molecule has 2 rings (SSSR count). The molecule has 1 heterocycles. The number of fused-ring (bicyclic) bond motifs is 1. The van der Waals surface area contributed by atoms with Gasteiger partial charge in [-0.25, -0.2) is 9.18 Å². The van der Waals surface area contributed by atoms with Gasteiger partial charge in [0.25, 0.3) is 0 Å². The van der Waals surface area contributed by atoms with Gasteiger partial charge in [0, 0.05) is 17.0 Å². The van der Waals surface area contributed by atoms with E-state index in [1.807, 2.05) is 0 Å². The molecule has 2 aromatic rings. The Balaban J connectivity index is 2.46. The summed E-state index contributed by atoms with van der Waals surface area (Å²) in [5.74, 6) is -1.65. The zero-order valence-corrected chi connectivity index (χ0v) is 10.2.